The third-order valence-corrected chi connectivity index (χ3v) is 7.90. The maximum atomic E-state index is 13.3. The van der Waals surface area contributed by atoms with Gasteiger partial charge in [0.25, 0.3) is 10.0 Å². The zero-order valence-electron chi connectivity index (χ0n) is 18.1. The lowest BCUT2D eigenvalue weighted by molar-refractivity contribution is 0.601. The molecule has 0 saturated carbocycles. The Morgan fingerprint density at radius 1 is 0.971 bits per heavy atom. The van der Waals surface area contributed by atoms with Crippen molar-refractivity contribution >= 4 is 67.7 Å². The lowest BCUT2D eigenvalue weighted by Crippen LogP contribution is -2.21. The Labute approximate surface area is 208 Å². The van der Waals surface area contributed by atoms with Crippen LogP contribution in [0.1, 0.15) is 24.1 Å². The molecule has 0 unspecified atom stereocenters. The molecular formula is C25H22Cl2N4O2S. The second-order valence-electron chi connectivity index (χ2n) is 8.14. The highest BCUT2D eigenvalue weighted by Gasteiger charge is 2.24. The number of H-pyrrole nitrogens is 1. The second-order valence-corrected chi connectivity index (χ2v) is 10.6. The van der Waals surface area contributed by atoms with Crippen LogP contribution in [0.15, 0.2) is 65.6 Å². The van der Waals surface area contributed by atoms with Crippen molar-refractivity contribution in [3.8, 4) is 0 Å². The van der Waals surface area contributed by atoms with Gasteiger partial charge in [0.15, 0.2) is 0 Å². The van der Waals surface area contributed by atoms with E-state index in [4.69, 9.17) is 23.2 Å². The predicted molar refractivity (Wildman–Crippen MR) is 140 cm³/mol. The molecule has 174 valence electrons. The molecule has 34 heavy (non-hydrogen) atoms. The molecule has 1 aliphatic rings. The number of aromatic amines is 1. The Hall–Kier alpha value is -3.00. The van der Waals surface area contributed by atoms with Crippen LogP contribution >= 0.6 is 23.2 Å². The summed E-state index contributed by atoms with van der Waals surface area (Å²) in [6, 6.07) is 18.0. The average Bonchev–Trinajstić information content (AvgIpc) is 3.47. The highest BCUT2D eigenvalue weighted by atomic mass is 35.5. The quantitative estimate of drug-likeness (QED) is 0.311. The van der Waals surface area contributed by atoms with E-state index in [1.807, 2.05) is 54.6 Å². The first kappa shape index (κ1) is 22.8. The summed E-state index contributed by atoms with van der Waals surface area (Å²) in [5.41, 5.74) is 3.89. The number of nitrogens with zero attached hydrogens (tertiary/aromatic N) is 2. The molecule has 5 rings (SSSR count). The van der Waals surface area contributed by atoms with Crippen molar-refractivity contribution in [2.75, 3.05) is 22.7 Å². The van der Waals surface area contributed by atoms with E-state index in [1.54, 1.807) is 0 Å². The number of hydrogen-bond acceptors (Lipinski definition) is 4. The van der Waals surface area contributed by atoms with Crippen LogP contribution in [-0.2, 0) is 10.0 Å². The molecule has 0 aliphatic carbocycles. The van der Waals surface area contributed by atoms with Crippen molar-refractivity contribution in [1.82, 2.24) is 10.2 Å². The zero-order valence-corrected chi connectivity index (χ0v) is 20.5. The fourth-order valence-electron chi connectivity index (χ4n) is 4.13. The Morgan fingerprint density at radius 2 is 1.74 bits per heavy atom. The van der Waals surface area contributed by atoms with Crippen LogP contribution < -0.4 is 9.62 Å². The van der Waals surface area contributed by atoms with Crippen LogP contribution in [0.3, 0.4) is 0 Å². The predicted octanol–water partition coefficient (Wildman–Crippen LogP) is 6.44. The molecule has 0 bridgehead atoms. The number of hydrogen-bond donors (Lipinski definition) is 2. The highest BCUT2D eigenvalue weighted by Crippen LogP contribution is 2.36. The van der Waals surface area contributed by atoms with E-state index >= 15 is 0 Å². The number of aromatic nitrogens is 2. The maximum Gasteiger partial charge on any atom is 0.263 e. The zero-order chi connectivity index (χ0) is 23.7. The fourth-order valence-corrected chi connectivity index (χ4v) is 5.97. The number of sulfonamides is 1. The largest absolute Gasteiger partial charge is 0.370 e. The number of anilines is 2. The molecule has 1 saturated heterocycles. The van der Waals surface area contributed by atoms with Crippen molar-refractivity contribution in [2.45, 2.75) is 17.7 Å². The molecule has 1 aliphatic heterocycles. The molecule has 0 amide bonds. The number of halogens is 2. The Bertz CT molecular complexity index is 1480. The van der Waals surface area contributed by atoms with Crippen LogP contribution in [0.2, 0.25) is 10.0 Å². The van der Waals surface area contributed by atoms with Gasteiger partial charge in [0, 0.05) is 23.5 Å². The summed E-state index contributed by atoms with van der Waals surface area (Å²) >= 11 is 12.2. The smallest absolute Gasteiger partial charge is 0.263 e. The Balaban J connectivity index is 1.58. The van der Waals surface area contributed by atoms with Crippen molar-refractivity contribution in [3.63, 3.8) is 0 Å². The number of nitrogens with one attached hydrogen (secondary N) is 2. The van der Waals surface area contributed by atoms with Gasteiger partial charge in [-0.2, -0.15) is 5.10 Å². The minimum absolute atomic E-state index is 0.0255. The van der Waals surface area contributed by atoms with Crippen molar-refractivity contribution in [1.29, 1.82) is 0 Å². The van der Waals surface area contributed by atoms with Crippen LogP contribution in [0, 0.1) is 0 Å². The van der Waals surface area contributed by atoms with Gasteiger partial charge in [-0.3, -0.25) is 9.82 Å². The minimum atomic E-state index is -3.95. The normalized spacial score (nSPS) is 14.4. The third-order valence-electron chi connectivity index (χ3n) is 5.82. The highest BCUT2D eigenvalue weighted by molar-refractivity contribution is 7.92. The standard InChI is InChI=1S/C25H22Cl2N4O2S/c26-18-9-11-25(20(27)14-18)34(32,33)30-23-15-19-21(10-8-17-6-2-1-3-7-17)28-29-22(19)16-24(23)31-12-4-5-13-31/h1-3,6-11,14-16,30H,4-5,12-13H2,(H,28,29)/b10-8+. The number of rotatable bonds is 6. The summed E-state index contributed by atoms with van der Waals surface area (Å²) in [4.78, 5) is 2.16. The molecule has 3 aromatic carbocycles. The van der Waals surface area contributed by atoms with Gasteiger partial charge < -0.3 is 4.90 Å². The summed E-state index contributed by atoms with van der Waals surface area (Å²) in [6.07, 6.45) is 6.00. The SMILES string of the molecule is O=S(=O)(Nc1cc2c(/C=C/c3ccccc3)n[nH]c2cc1N1CCCC1)c1ccc(Cl)cc1Cl. The second kappa shape index (κ2) is 9.33. The minimum Gasteiger partial charge on any atom is -0.370 e. The van der Waals surface area contributed by atoms with Crippen LogP contribution in [0.25, 0.3) is 23.1 Å². The van der Waals surface area contributed by atoms with Crippen LogP contribution in [-0.4, -0.2) is 31.7 Å². The molecule has 2 N–H and O–H groups in total. The van der Waals surface area contributed by atoms with E-state index in [-0.39, 0.29) is 9.92 Å². The monoisotopic (exact) mass is 512 g/mol. The van der Waals surface area contributed by atoms with Gasteiger partial charge in [-0.15, -0.1) is 0 Å². The molecule has 0 spiro atoms. The molecular weight excluding hydrogens is 491 g/mol. The van der Waals surface area contributed by atoms with Gasteiger partial charge >= 0.3 is 0 Å². The van der Waals surface area contributed by atoms with Gasteiger partial charge in [0.1, 0.15) is 4.90 Å². The fraction of sp³-hybridized carbons (Fsp3) is 0.160. The first-order valence-electron chi connectivity index (χ1n) is 10.9. The maximum absolute atomic E-state index is 13.3. The van der Waals surface area contributed by atoms with Gasteiger partial charge in [-0.1, -0.05) is 59.6 Å². The summed E-state index contributed by atoms with van der Waals surface area (Å²) < 4.78 is 29.3. The third kappa shape index (κ3) is 4.64. The molecule has 1 fully saturated rings. The number of fused-ring (bicyclic) bond motifs is 1. The first-order valence-corrected chi connectivity index (χ1v) is 13.1. The van der Waals surface area contributed by atoms with Gasteiger partial charge in [0.05, 0.1) is 27.6 Å². The topological polar surface area (TPSA) is 78.1 Å². The Kier molecular flexibility index (Phi) is 6.25. The van der Waals surface area contributed by atoms with E-state index in [0.29, 0.717) is 10.7 Å². The van der Waals surface area contributed by atoms with E-state index in [0.717, 1.165) is 53.8 Å². The van der Waals surface area contributed by atoms with Crippen molar-refractivity contribution in [2.24, 2.45) is 0 Å². The molecule has 0 atom stereocenters. The molecule has 9 heteroatoms. The summed E-state index contributed by atoms with van der Waals surface area (Å²) in [5, 5.41) is 8.79. The molecule has 6 nitrogen and oxygen atoms in total. The first-order chi connectivity index (χ1) is 16.4. The molecule has 4 aromatic rings. The van der Waals surface area contributed by atoms with Gasteiger partial charge in [0.2, 0.25) is 0 Å². The number of benzene rings is 3. The van der Waals surface area contributed by atoms with Crippen LogP contribution in [0.4, 0.5) is 11.4 Å². The van der Waals surface area contributed by atoms with Crippen molar-refractivity contribution in [3.05, 3.63) is 82.0 Å². The summed E-state index contributed by atoms with van der Waals surface area (Å²) in [5.74, 6) is 0. The summed E-state index contributed by atoms with van der Waals surface area (Å²) in [6.45, 7) is 1.72. The molecule has 0 radical (unpaired) electrons. The lowest BCUT2D eigenvalue weighted by atomic mass is 10.1. The van der Waals surface area contributed by atoms with E-state index in [1.165, 1.54) is 18.2 Å². The van der Waals surface area contributed by atoms with Gasteiger partial charge in [-0.25, -0.2) is 8.42 Å². The van der Waals surface area contributed by atoms with E-state index < -0.39 is 10.0 Å². The summed E-state index contributed by atoms with van der Waals surface area (Å²) in [7, 11) is -3.95. The van der Waals surface area contributed by atoms with E-state index in [9.17, 15) is 8.42 Å². The van der Waals surface area contributed by atoms with Gasteiger partial charge in [-0.05, 0) is 54.8 Å². The van der Waals surface area contributed by atoms with E-state index in [2.05, 4.69) is 19.8 Å². The Morgan fingerprint density at radius 3 is 2.47 bits per heavy atom. The average molecular weight is 513 g/mol. The van der Waals surface area contributed by atoms with Crippen molar-refractivity contribution < 1.29 is 8.42 Å². The van der Waals surface area contributed by atoms with Crippen LogP contribution in [0.5, 0.6) is 0 Å². The molecule has 1 aromatic heterocycles. The lowest BCUT2D eigenvalue weighted by Gasteiger charge is -2.22. The molecule has 2 heterocycles.